The van der Waals surface area contributed by atoms with E-state index in [4.69, 9.17) is 0 Å². The Bertz CT molecular complexity index is 596. The van der Waals surface area contributed by atoms with Crippen LogP contribution < -0.4 is 4.57 Å². The number of aromatic amines is 1. The lowest BCUT2D eigenvalue weighted by Crippen LogP contribution is -2.34. The number of benzene rings is 1. The van der Waals surface area contributed by atoms with Crippen LogP contribution in [0.3, 0.4) is 0 Å². The van der Waals surface area contributed by atoms with Crippen molar-refractivity contribution in [1.82, 2.24) is 4.98 Å². The number of nitrogens with one attached hydrogen (secondary N) is 1. The predicted molar refractivity (Wildman–Crippen MR) is 64.0 cm³/mol. The first-order valence-electron chi connectivity index (χ1n) is 5.43. The number of fused-ring (bicyclic) bond motifs is 1. The third kappa shape index (κ3) is 1.58. The predicted octanol–water partition coefficient (Wildman–Crippen LogP) is 2.50. The van der Waals surface area contributed by atoms with Gasteiger partial charge in [0.05, 0.1) is 17.8 Å². The lowest BCUT2D eigenvalue weighted by atomic mass is 10.2. The molecule has 0 aliphatic rings. The first kappa shape index (κ1) is 9.16. The van der Waals surface area contributed by atoms with E-state index >= 15 is 0 Å². The first-order chi connectivity index (χ1) is 7.93. The zero-order chi connectivity index (χ0) is 10.8. The molecule has 3 rings (SSSR count). The Morgan fingerprint density at radius 3 is 2.69 bits per heavy atom. The molecule has 2 nitrogen and oxygen atoms in total. The molecule has 0 spiro atoms. The van der Waals surface area contributed by atoms with Gasteiger partial charge in [0, 0.05) is 0 Å². The highest BCUT2D eigenvalue weighted by Gasteiger charge is 2.07. The Labute approximate surface area is 94.2 Å². The van der Waals surface area contributed by atoms with Gasteiger partial charge >= 0.3 is 0 Å². The van der Waals surface area contributed by atoms with Gasteiger partial charge in [-0.3, -0.25) is 0 Å². The average molecular weight is 209 g/mol. The van der Waals surface area contributed by atoms with Crippen LogP contribution >= 0.6 is 0 Å². The summed E-state index contributed by atoms with van der Waals surface area (Å²) in [6, 6.07) is 16.8. The Morgan fingerprint density at radius 1 is 0.938 bits per heavy atom. The van der Waals surface area contributed by atoms with Gasteiger partial charge in [0.25, 0.3) is 5.65 Å². The fourth-order valence-corrected chi connectivity index (χ4v) is 1.99. The molecule has 16 heavy (non-hydrogen) atoms. The number of rotatable bonds is 2. The second-order valence-corrected chi connectivity index (χ2v) is 3.90. The normalized spacial score (nSPS) is 10.8. The lowest BCUT2D eigenvalue weighted by Gasteiger charge is -2.01. The van der Waals surface area contributed by atoms with E-state index in [1.165, 1.54) is 16.6 Å². The number of aromatic nitrogens is 2. The van der Waals surface area contributed by atoms with Crippen LogP contribution in [0.5, 0.6) is 0 Å². The molecule has 0 saturated carbocycles. The molecular weight excluding hydrogens is 196 g/mol. The number of hydrogen-bond acceptors (Lipinski definition) is 0. The molecule has 2 aromatic heterocycles. The summed E-state index contributed by atoms with van der Waals surface area (Å²) in [5.41, 5.74) is 2.49. The van der Waals surface area contributed by atoms with Crippen molar-refractivity contribution < 1.29 is 4.57 Å². The van der Waals surface area contributed by atoms with E-state index in [0.717, 1.165) is 6.54 Å². The summed E-state index contributed by atoms with van der Waals surface area (Å²) in [5, 5.41) is 1.25. The van der Waals surface area contributed by atoms with Crippen molar-refractivity contribution in [2.24, 2.45) is 0 Å². The van der Waals surface area contributed by atoms with Gasteiger partial charge in [-0.25, -0.2) is 9.55 Å². The van der Waals surface area contributed by atoms with Crippen molar-refractivity contribution in [2.75, 3.05) is 0 Å². The highest BCUT2D eigenvalue weighted by atomic mass is 15.0. The molecular formula is C14H13N2+. The van der Waals surface area contributed by atoms with Crippen LogP contribution in [0.4, 0.5) is 0 Å². The van der Waals surface area contributed by atoms with Crippen LogP contribution in [0, 0.1) is 0 Å². The van der Waals surface area contributed by atoms with E-state index in [9.17, 15) is 0 Å². The maximum absolute atomic E-state index is 3.27. The minimum absolute atomic E-state index is 0.901. The van der Waals surface area contributed by atoms with Crippen LogP contribution in [0.2, 0.25) is 0 Å². The molecule has 0 radical (unpaired) electrons. The fraction of sp³-hybridized carbons (Fsp3) is 0.0714. The largest absolute Gasteiger partial charge is 0.286 e. The van der Waals surface area contributed by atoms with Crippen molar-refractivity contribution in [3.8, 4) is 0 Å². The number of nitrogens with zero attached hydrogens (tertiary/aromatic N) is 1. The molecule has 2 heterocycles. The molecule has 0 aliphatic carbocycles. The molecule has 0 bridgehead atoms. The van der Waals surface area contributed by atoms with Crippen LogP contribution in [-0.4, -0.2) is 4.98 Å². The van der Waals surface area contributed by atoms with E-state index < -0.39 is 0 Å². The topological polar surface area (TPSA) is 19.7 Å². The van der Waals surface area contributed by atoms with Gasteiger partial charge in [-0.1, -0.05) is 30.3 Å². The maximum Gasteiger partial charge on any atom is 0.286 e. The summed E-state index contributed by atoms with van der Waals surface area (Å²) in [4.78, 5) is 3.27. The Kier molecular flexibility index (Phi) is 2.18. The van der Waals surface area contributed by atoms with Crippen molar-refractivity contribution in [3.05, 3.63) is 66.5 Å². The van der Waals surface area contributed by atoms with Crippen LogP contribution in [0.25, 0.3) is 11.0 Å². The molecule has 3 aromatic rings. The zero-order valence-electron chi connectivity index (χ0n) is 8.93. The van der Waals surface area contributed by atoms with Gasteiger partial charge in [0.1, 0.15) is 6.54 Å². The molecule has 0 aliphatic heterocycles. The van der Waals surface area contributed by atoms with Crippen molar-refractivity contribution in [1.29, 1.82) is 0 Å². The third-order valence-electron chi connectivity index (χ3n) is 2.78. The quantitative estimate of drug-likeness (QED) is 0.626. The van der Waals surface area contributed by atoms with Crippen LogP contribution in [0.15, 0.2) is 60.9 Å². The Morgan fingerprint density at radius 2 is 1.81 bits per heavy atom. The molecule has 0 atom stereocenters. The smallest absolute Gasteiger partial charge is 0.247 e. The molecule has 0 saturated heterocycles. The molecule has 78 valence electrons. The minimum atomic E-state index is 0.901. The molecule has 1 aromatic carbocycles. The summed E-state index contributed by atoms with van der Waals surface area (Å²) in [7, 11) is 0. The van der Waals surface area contributed by atoms with Gasteiger partial charge in [-0.05, 0) is 23.8 Å². The number of pyridine rings is 1. The van der Waals surface area contributed by atoms with Crippen LogP contribution in [0.1, 0.15) is 5.56 Å². The fourth-order valence-electron chi connectivity index (χ4n) is 1.99. The maximum atomic E-state index is 3.27. The number of hydrogen-bond donors (Lipinski definition) is 1. The Hall–Kier alpha value is -2.09. The van der Waals surface area contributed by atoms with Crippen molar-refractivity contribution in [3.63, 3.8) is 0 Å². The molecule has 0 amide bonds. The standard InChI is InChI=1S/C14H12N2/c1-2-5-12(6-3-1)11-16-10-4-7-13-8-9-15-14(13)16/h1-10H,11H2/p+1. The monoisotopic (exact) mass is 209 g/mol. The third-order valence-corrected chi connectivity index (χ3v) is 2.78. The van der Waals surface area contributed by atoms with Gasteiger partial charge in [-0.2, -0.15) is 0 Å². The minimum Gasteiger partial charge on any atom is -0.247 e. The molecule has 0 unspecified atom stereocenters. The first-order valence-corrected chi connectivity index (χ1v) is 5.43. The molecule has 0 fully saturated rings. The van der Waals surface area contributed by atoms with Gasteiger partial charge < -0.3 is 0 Å². The SMILES string of the molecule is c1ccc(C[n+]2cccc3cc[nH]c32)cc1. The summed E-state index contributed by atoms with van der Waals surface area (Å²) < 4.78 is 2.23. The van der Waals surface area contributed by atoms with Gasteiger partial charge in [0.15, 0.2) is 0 Å². The summed E-state index contributed by atoms with van der Waals surface area (Å²) in [6.45, 7) is 0.901. The highest BCUT2D eigenvalue weighted by molar-refractivity contribution is 5.71. The van der Waals surface area contributed by atoms with Crippen LogP contribution in [-0.2, 0) is 6.54 Å². The van der Waals surface area contributed by atoms with E-state index in [1.54, 1.807) is 0 Å². The molecule has 1 N–H and O–H groups in total. The van der Waals surface area contributed by atoms with Gasteiger partial charge in [-0.15, -0.1) is 0 Å². The summed E-state index contributed by atoms with van der Waals surface area (Å²) in [5.74, 6) is 0. The number of H-pyrrole nitrogens is 1. The zero-order valence-corrected chi connectivity index (χ0v) is 8.93. The van der Waals surface area contributed by atoms with E-state index in [0.29, 0.717) is 0 Å². The van der Waals surface area contributed by atoms with Crippen molar-refractivity contribution in [2.45, 2.75) is 6.54 Å². The molecule has 2 heteroatoms. The summed E-state index contributed by atoms with van der Waals surface area (Å²) in [6.07, 6.45) is 4.08. The summed E-state index contributed by atoms with van der Waals surface area (Å²) >= 11 is 0. The van der Waals surface area contributed by atoms with Crippen molar-refractivity contribution >= 4 is 11.0 Å². The van der Waals surface area contributed by atoms with E-state index in [-0.39, 0.29) is 0 Å². The average Bonchev–Trinajstić information content (AvgIpc) is 2.80. The second kappa shape index (κ2) is 3.81. The lowest BCUT2D eigenvalue weighted by molar-refractivity contribution is -0.664. The highest BCUT2D eigenvalue weighted by Crippen LogP contribution is 2.07. The van der Waals surface area contributed by atoms with Gasteiger partial charge in [0.2, 0.25) is 0 Å². The van der Waals surface area contributed by atoms with E-state index in [1.807, 2.05) is 12.3 Å². The second-order valence-electron chi connectivity index (χ2n) is 3.90. The van der Waals surface area contributed by atoms with E-state index in [2.05, 4.69) is 58.2 Å². The Balaban J connectivity index is 2.04.